The van der Waals surface area contributed by atoms with Gasteiger partial charge in [0.05, 0.1) is 6.26 Å². The molecule has 0 fully saturated rings. The number of furan rings is 1. The predicted molar refractivity (Wildman–Crippen MR) is 77.6 cm³/mol. The maximum Gasteiger partial charge on any atom is 0.133 e. The molecule has 0 amide bonds. The number of hydrogen-bond acceptors (Lipinski definition) is 2. The largest absolute Gasteiger partial charge is 0.464 e. The van der Waals surface area contributed by atoms with Gasteiger partial charge in [0.2, 0.25) is 0 Å². The molecule has 2 atom stereocenters. The molecule has 1 N–H and O–H groups in total. The summed E-state index contributed by atoms with van der Waals surface area (Å²) in [5, 5.41) is 4.45. The van der Waals surface area contributed by atoms with E-state index in [4.69, 9.17) is 27.6 Å². The summed E-state index contributed by atoms with van der Waals surface area (Å²) < 4.78 is 5.34. The van der Waals surface area contributed by atoms with Gasteiger partial charge in [-0.05, 0) is 37.2 Å². The van der Waals surface area contributed by atoms with E-state index in [1.807, 2.05) is 18.2 Å². The van der Waals surface area contributed by atoms with Crippen molar-refractivity contribution in [2.24, 2.45) is 0 Å². The van der Waals surface area contributed by atoms with E-state index >= 15 is 0 Å². The molecular formula is C14H17Cl2NO. The van der Waals surface area contributed by atoms with Crippen molar-refractivity contribution >= 4 is 34.2 Å². The van der Waals surface area contributed by atoms with Crippen molar-refractivity contribution in [2.45, 2.75) is 30.6 Å². The molecule has 0 aliphatic carbocycles. The van der Waals surface area contributed by atoms with Gasteiger partial charge in [0.1, 0.15) is 10.4 Å². The summed E-state index contributed by atoms with van der Waals surface area (Å²) in [6.07, 6.45) is 1.69. The standard InChI is InChI=1S/C14H17Cl2NO/c1-3-17-9(2)13(14(15)16)11-4-5-12-10(8-11)6-7-18-12/h4-9,13-14,17H,3H2,1-2H3. The number of hydrogen-bond donors (Lipinski definition) is 1. The molecule has 98 valence electrons. The predicted octanol–water partition coefficient (Wildman–Crippen LogP) is 4.32. The zero-order valence-corrected chi connectivity index (χ0v) is 12.0. The molecule has 2 unspecified atom stereocenters. The highest BCUT2D eigenvalue weighted by Crippen LogP contribution is 2.32. The Morgan fingerprint density at radius 1 is 1.28 bits per heavy atom. The van der Waals surface area contributed by atoms with Crippen molar-refractivity contribution in [3.05, 3.63) is 36.1 Å². The molecule has 1 aromatic heterocycles. The van der Waals surface area contributed by atoms with Crippen LogP contribution in [0.25, 0.3) is 11.0 Å². The van der Waals surface area contributed by atoms with Gasteiger partial charge >= 0.3 is 0 Å². The number of fused-ring (bicyclic) bond motifs is 1. The number of alkyl halides is 2. The van der Waals surface area contributed by atoms with Crippen LogP contribution in [0.3, 0.4) is 0 Å². The van der Waals surface area contributed by atoms with Gasteiger partial charge in [-0.25, -0.2) is 0 Å². The average molecular weight is 286 g/mol. The van der Waals surface area contributed by atoms with E-state index in [1.54, 1.807) is 6.26 Å². The minimum atomic E-state index is -0.441. The van der Waals surface area contributed by atoms with Gasteiger partial charge in [0, 0.05) is 17.3 Å². The molecule has 0 aliphatic heterocycles. The van der Waals surface area contributed by atoms with Gasteiger partial charge in [-0.3, -0.25) is 0 Å². The van der Waals surface area contributed by atoms with Crippen LogP contribution in [0.5, 0.6) is 0 Å². The summed E-state index contributed by atoms with van der Waals surface area (Å²) in [6, 6.07) is 8.26. The first-order chi connectivity index (χ1) is 8.63. The summed E-state index contributed by atoms with van der Waals surface area (Å²) >= 11 is 12.3. The monoisotopic (exact) mass is 285 g/mol. The average Bonchev–Trinajstić information content (AvgIpc) is 2.76. The lowest BCUT2D eigenvalue weighted by molar-refractivity contribution is 0.487. The highest BCUT2D eigenvalue weighted by Gasteiger charge is 2.25. The fourth-order valence-corrected chi connectivity index (χ4v) is 3.02. The second-order valence-electron chi connectivity index (χ2n) is 4.42. The smallest absolute Gasteiger partial charge is 0.133 e. The van der Waals surface area contributed by atoms with Gasteiger partial charge in [0.15, 0.2) is 0 Å². The topological polar surface area (TPSA) is 25.2 Å². The van der Waals surface area contributed by atoms with E-state index in [2.05, 4.69) is 25.2 Å². The quantitative estimate of drug-likeness (QED) is 0.828. The zero-order chi connectivity index (χ0) is 13.1. The van der Waals surface area contributed by atoms with Crippen molar-refractivity contribution in [1.82, 2.24) is 5.32 Å². The third-order valence-electron chi connectivity index (χ3n) is 3.20. The maximum absolute atomic E-state index is 6.14. The molecule has 0 spiro atoms. The van der Waals surface area contributed by atoms with Crippen molar-refractivity contribution in [2.75, 3.05) is 6.54 Å². The van der Waals surface area contributed by atoms with Crippen molar-refractivity contribution < 1.29 is 4.42 Å². The first kappa shape index (κ1) is 13.7. The van der Waals surface area contributed by atoms with Gasteiger partial charge in [-0.2, -0.15) is 0 Å². The minimum absolute atomic E-state index is 0.0626. The van der Waals surface area contributed by atoms with Crippen LogP contribution >= 0.6 is 23.2 Å². The lowest BCUT2D eigenvalue weighted by atomic mass is 9.93. The van der Waals surface area contributed by atoms with Crippen LogP contribution in [-0.2, 0) is 0 Å². The van der Waals surface area contributed by atoms with Crippen molar-refractivity contribution in [1.29, 1.82) is 0 Å². The summed E-state index contributed by atoms with van der Waals surface area (Å²) in [4.78, 5) is -0.441. The lowest BCUT2D eigenvalue weighted by Gasteiger charge is -2.26. The first-order valence-corrected chi connectivity index (χ1v) is 6.99. The molecular weight excluding hydrogens is 269 g/mol. The molecule has 2 nitrogen and oxygen atoms in total. The summed E-state index contributed by atoms with van der Waals surface area (Å²) in [7, 11) is 0. The number of halogens is 2. The molecule has 2 aromatic rings. The number of likely N-dealkylation sites (N-methyl/N-ethyl adjacent to an activating group) is 1. The van der Waals surface area contributed by atoms with Gasteiger partial charge in [-0.15, -0.1) is 23.2 Å². The van der Waals surface area contributed by atoms with E-state index < -0.39 is 4.84 Å². The molecule has 0 radical (unpaired) electrons. The van der Waals surface area contributed by atoms with E-state index in [0.29, 0.717) is 0 Å². The summed E-state index contributed by atoms with van der Waals surface area (Å²) in [6.45, 7) is 5.07. The Bertz CT molecular complexity index is 509. The Balaban J connectivity index is 2.34. The SMILES string of the molecule is CCNC(C)C(c1ccc2occc2c1)C(Cl)Cl. The Hall–Kier alpha value is -0.700. The van der Waals surface area contributed by atoms with E-state index in [0.717, 1.165) is 23.1 Å². The van der Waals surface area contributed by atoms with Crippen LogP contribution in [-0.4, -0.2) is 17.4 Å². The van der Waals surface area contributed by atoms with Crippen LogP contribution in [0, 0.1) is 0 Å². The van der Waals surface area contributed by atoms with Crippen LogP contribution in [0.4, 0.5) is 0 Å². The molecule has 18 heavy (non-hydrogen) atoms. The van der Waals surface area contributed by atoms with E-state index in [9.17, 15) is 0 Å². The summed E-state index contributed by atoms with van der Waals surface area (Å²) in [5.74, 6) is 0.0626. The normalized spacial score (nSPS) is 15.2. The molecule has 2 rings (SSSR count). The maximum atomic E-state index is 6.14. The van der Waals surface area contributed by atoms with Crippen LogP contribution in [0.1, 0.15) is 25.3 Å². The molecule has 4 heteroatoms. The third-order valence-corrected chi connectivity index (χ3v) is 3.74. The molecule has 0 bridgehead atoms. The van der Waals surface area contributed by atoms with Gasteiger partial charge < -0.3 is 9.73 Å². The molecule has 1 heterocycles. The van der Waals surface area contributed by atoms with Crippen LogP contribution < -0.4 is 5.32 Å². The fourth-order valence-electron chi connectivity index (χ4n) is 2.29. The number of nitrogens with one attached hydrogen (secondary N) is 1. The van der Waals surface area contributed by atoms with E-state index in [1.165, 1.54) is 0 Å². The Morgan fingerprint density at radius 2 is 2.06 bits per heavy atom. The van der Waals surface area contributed by atoms with Crippen LogP contribution in [0.15, 0.2) is 34.9 Å². The second-order valence-corrected chi connectivity index (χ2v) is 5.59. The second kappa shape index (κ2) is 5.96. The Kier molecular flexibility index (Phi) is 4.55. The third kappa shape index (κ3) is 2.82. The number of benzene rings is 1. The van der Waals surface area contributed by atoms with E-state index in [-0.39, 0.29) is 12.0 Å². The molecule has 0 saturated carbocycles. The lowest BCUT2D eigenvalue weighted by Crippen LogP contribution is -2.34. The van der Waals surface area contributed by atoms with Crippen molar-refractivity contribution in [3.8, 4) is 0 Å². The Labute approximate surface area is 117 Å². The molecule has 0 aliphatic rings. The highest BCUT2D eigenvalue weighted by molar-refractivity contribution is 6.44. The zero-order valence-electron chi connectivity index (χ0n) is 10.5. The highest BCUT2D eigenvalue weighted by atomic mass is 35.5. The van der Waals surface area contributed by atoms with Gasteiger partial charge in [0.25, 0.3) is 0 Å². The van der Waals surface area contributed by atoms with Crippen molar-refractivity contribution in [3.63, 3.8) is 0 Å². The van der Waals surface area contributed by atoms with Crippen LogP contribution in [0.2, 0.25) is 0 Å². The fraction of sp³-hybridized carbons (Fsp3) is 0.429. The number of rotatable bonds is 5. The first-order valence-electron chi connectivity index (χ1n) is 6.12. The summed E-state index contributed by atoms with van der Waals surface area (Å²) in [5.41, 5.74) is 2.02. The molecule has 0 saturated heterocycles. The molecule has 1 aromatic carbocycles. The Morgan fingerprint density at radius 3 is 2.72 bits per heavy atom. The minimum Gasteiger partial charge on any atom is -0.464 e. The van der Waals surface area contributed by atoms with Gasteiger partial charge in [-0.1, -0.05) is 13.0 Å².